The lowest BCUT2D eigenvalue weighted by Gasteiger charge is -2.09. The number of hydrogen-bond donors (Lipinski definition) is 0. The maximum absolute atomic E-state index is 13.6. The molecule has 2 aromatic rings. The molecule has 0 radical (unpaired) electrons. The van der Waals surface area contributed by atoms with E-state index in [1.165, 1.54) is 17.8 Å². The number of hydrogen-bond acceptors (Lipinski definition) is 4. The van der Waals surface area contributed by atoms with Crippen molar-refractivity contribution in [3.63, 3.8) is 0 Å². The monoisotopic (exact) mass is 373 g/mol. The molecule has 0 atom stereocenters. The number of benzene rings is 2. The van der Waals surface area contributed by atoms with Crippen LogP contribution in [-0.4, -0.2) is 21.7 Å². The molecule has 1 aliphatic rings. The minimum Gasteiger partial charge on any atom is -0.489 e. The smallest absolute Gasteiger partial charge is 0.266 e. The Morgan fingerprint density at radius 1 is 1.20 bits per heavy atom. The number of amides is 1. The standard InChI is InChI=1S/C19H16FNO2S2/c1-2-21-18(22)17(25-19(21)24)11-13-7-9-15(10-8-13)23-12-14-5-3-4-6-16(14)20/h3-11H,2,12H2,1H3/b17-11+. The van der Waals surface area contributed by atoms with Crippen LogP contribution >= 0.6 is 24.0 Å². The molecule has 1 aliphatic heterocycles. The number of halogens is 1. The average Bonchev–Trinajstić information content (AvgIpc) is 2.88. The number of ether oxygens (including phenoxy) is 1. The fraction of sp³-hybridized carbons (Fsp3) is 0.158. The van der Waals surface area contributed by atoms with Crippen LogP contribution in [0.4, 0.5) is 4.39 Å². The van der Waals surface area contributed by atoms with Gasteiger partial charge in [-0.05, 0) is 36.8 Å². The molecular formula is C19H16FNO2S2. The Bertz CT molecular complexity index is 834. The van der Waals surface area contributed by atoms with Crippen molar-refractivity contribution in [2.24, 2.45) is 0 Å². The molecule has 0 saturated carbocycles. The molecule has 2 aromatic carbocycles. The third kappa shape index (κ3) is 4.08. The van der Waals surface area contributed by atoms with Gasteiger partial charge in [0.25, 0.3) is 5.91 Å². The number of likely N-dealkylation sites (N-methyl/N-ethyl adjacent to an activating group) is 1. The molecule has 0 aliphatic carbocycles. The number of thioether (sulfide) groups is 1. The quantitative estimate of drug-likeness (QED) is 0.565. The van der Waals surface area contributed by atoms with Gasteiger partial charge >= 0.3 is 0 Å². The van der Waals surface area contributed by atoms with Crippen molar-refractivity contribution >= 4 is 40.3 Å². The predicted molar refractivity (Wildman–Crippen MR) is 103 cm³/mol. The Kier molecular flexibility index (Phi) is 5.50. The number of thiocarbonyl (C=S) groups is 1. The Morgan fingerprint density at radius 3 is 2.56 bits per heavy atom. The molecule has 1 heterocycles. The van der Waals surface area contributed by atoms with Gasteiger partial charge < -0.3 is 4.74 Å². The van der Waals surface area contributed by atoms with E-state index in [-0.39, 0.29) is 18.3 Å². The van der Waals surface area contributed by atoms with Crippen LogP contribution in [0.3, 0.4) is 0 Å². The predicted octanol–water partition coefficient (Wildman–Crippen LogP) is 4.63. The summed E-state index contributed by atoms with van der Waals surface area (Å²) < 4.78 is 19.8. The Balaban J connectivity index is 1.67. The van der Waals surface area contributed by atoms with E-state index < -0.39 is 0 Å². The Hall–Kier alpha value is -2.18. The van der Waals surface area contributed by atoms with Gasteiger partial charge in [-0.3, -0.25) is 9.69 Å². The molecule has 3 nitrogen and oxygen atoms in total. The number of carbonyl (C=O) groups excluding carboxylic acids is 1. The molecule has 0 spiro atoms. The molecule has 25 heavy (non-hydrogen) atoms. The van der Waals surface area contributed by atoms with E-state index in [0.717, 1.165) is 5.56 Å². The molecule has 1 saturated heterocycles. The van der Waals surface area contributed by atoms with Crippen molar-refractivity contribution < 1.29 is 13.9 Å². The van der Waals surface area contributed by atoms with Crippen molar-refractivity contribution in [3.05, 3.63) is 70.4 Å². The van der Waals surface area contributed by atoms with E-state index in [2.05, 4.69) is 0 Å². The summed E-state index contributed by atoms with van der Waals surface area (Å²) in [5, 5.41) is 0. The van der Waals surface area contributed by atoms with Gasteiger partial charge in [0.1, 0.15) is 22.5 Å². The third-order valence-corrected chi connectivity index (χ3v) is 5.10. The molecule has 0 bridgehead atoms. The first-order valence-electron chi connectivity index (χ1n) is 7.80. The lowest BCUT2D eigenvalue weighted by Crippen LogP contribution is -2.27. The normalized spacial score (nSPS) is 15.9. The highest BCUT2D eigenvalue weighted by Gasteiger charge is 2.30. The lowest BCUT2D eigenvalue weighted by molar-refractivity contribution is -0.121. The van der Waals surface area contributed by atoms with Crippen LogP contribution in [0.5, 0.6) is 5.75 Å². The van der Waals surface area contributed by atoms with Gasteiger partial charge in [0.05, 0.1) is 4.91 Å². The fourth-order valence-corrected chi connectivity index (χ4v) is 3.75. The highest BCUT2D eigenvalue weighted by atomic mass is 32.2. The molecule has 1 fully saturated rings. The van der Waals surface area contributed by atoms with E-state index in [1.807, 2.05) is 25.1 Å². The van der Waals surface area contributed by atoms with E-state index in [0.29, 0.717) is 27.1 Å². The first-order chi connectivity index (χ1) is 12.1. The van der Waals surface area contributed by atoms with Crippen LogP contribution in [-0.2, 0) is 11.4 Å². The van der Waals surface area contributed by atoms with Crippen molar-refractivity contribution in [2.45, 2.75) is 13.5 Å². The Labute approximate surface area is 155 Å². The van der Waals surface area contributed by atoms with E-state index in [4.69, 9.17) is 17.0 Å². The third-order valence-electron chi connectivity index (χ3n) is 3.72. The second-order valence-electron chi connectivity index (χ2n) is 5.38. The van der Waals surface area contributed by atoms with Gasteiger partial charge in [-0.25, -0.2) is 4.39 Å². The SMILES string of the molecule is CCN1C(=O)/C(=C\c2ccc(OCc3ccccc3F)cc2)SC1=S. The van der Waals surface area contributed by atoms with Gasteiger partial charge in [-0.15, -0.1) is 0 Å². The average molecular weight is 373 g/mol. The summed E-state index contributed by atoms with van der Waals surface area (Å²) in [5.74, 6) is 0.302. The largest absolute Gasteiger partial charge is 0.489 e. The number of nitrogens with zero attached hydrogens (tertiary/aromatic N) is 1. The van der Waals surface area contributed by atoms with Gasteiger partial charge in [-0.1, -0.05) is 54.3 Å². The van der Waals surface area contributed by atoms with Crippen LogP contribution in [0.15, 0.2) is 53.4 Å². The van der Waals surface area contributed by atoms with Crippen LogP contribution in [0.25, 0.3) is 6.08 Å². The minimum absolute atomic E-state index is 0.0580. The summed E-state index contributed by atoms with van der Waals surface area (Å²) >= 11 is 6.51. The summed E-state index contributed by atoms with van der Waals surface area (Å²) in [6.45, 7) is 2.64. The minimum atomic E-state index is -0.280. The van der Waals surface area contributed by atoms with Crippen molar-refractivity contribution in [2.75, 3.05) is 6.54 Å². The summed E-state index contributed by atoms with van der Waals surface area (Å²) in [5.41, 5.74) is 1.39. The topological polar surface area (TPSA) is 29.5 Å². The van der Waals surface area contributed by atoms with E-state index in [1.54, 1.807) is 35.2 Å². The highest BCUT2D eigenvalue weighted by molar-refractivity contribution is 8.26. The van der Waals surface area contributed by atoms with Crippen molar-refractivity contribution in [1.29, 1.82) is 0 Å². The summed E-state index contributed by atoms with van der Waals surface area (Å²) in [6, 6.07) is 13.8. The van der Waals surface area contributed by atoms with Crippen LogP contribution in [0, 0.1) is 5.82 Å². The molecule has 0 N–H and O–H groups in total. The van der Waals surface area contributed by atoms with E-state index >= 15 is 0 Å². The zero-order chi connectivity index (χ0) is 17.8. The maximum atomic E-state index is 13.6. The number of carbonyl (C=O) groups is 1. The van der Waals surface area contributed by atoms with Crippen LogP contribution < -0.4 is 4.74 Å². The molecular weight excluding hydrogens is 357 g/mol. The summed E-state index contributed by atoms with van der Waals surface area (Å²) in [4.78, 5) is 14.4. The summed E-state index contributed by atoms with van der Waals surface area (Å²) in [7, 11) is 0. The second kappa shape index (κ2) is 7.80. The van der Waals surface area contributed by atoms with Gasteiger partial charge in [-0.2, -0.15) is 0 Å². The molecule has 1 amide bonds. The van der Waals surface area contributed by atoms with Crippen molar-refractivity contribution in [1.82, 2.24) is 4.90 Å². The Morgan fingerprint density at radius 2 is 1.92 bits per heavy atom. The zero-order valence-electron chi connectivity index (χ0n) is 13.6. The van der Waals surface area contributed by atoms with E-state index in [9.17, 15) is 9.18 Å². The summed E-state index contributed by atoms with van der Waals surface area (Å²) in [6.07, 6.45) is 1.82. The van der Waals surface area contributed by atoms with Crippen molar-refractivity contribution in [3.8, 4) is 5.75 Å². The lowest BCUT2D eigenvalue weighted by atomic mass is 10.2. The maximum Gasteiger partial charge on any atom is 0.266 e. The fourth-order valence-electron chi connectivity index (χ4n) is 2.36. The molecule has 128 valence electrons. The molecule has 0 unspecified atom stereocenters. The second-order valence-corrected chi connectivity index (χ2v) is 7.05. The molecule has 3 rings (SSSR count). The van der Waals surface area contributed by atoms with Crippen LogP contribution in [0.1, 0.15) is 18.1 Å². The van der Waals surface area contributed by atoms with Crippen LogP contribution in [0.2, 0.25) is 0 Å². The van der Waals surface area contributed by atoms with Gasteiger partial charge in [0.15, 0.2) is 0 Å². The highest BCUT2D eigenvalue weighted by Crippen LogP contribution is 2.32. The first kappa shape index (κ1) is 17.6. The molecule has 6 heteroatoms. The van der Waals surface area contributed by atoms with Gasteiger partial charge in [0, 0.05) is 12.1 Å². The first-order valence-corrected chi connectivity index (χ1v) is 9.02. The number of rotatable bonds is 5. The zero-order valence-corrected chi connectivity index (χ0v) is 15.2. The molecule has 0 aromatic heterocycles. The van der Waals surface area contributed by atoms with Gasteiger partial charge in [0.2, 0.25) is 0 Å².